The second-order valence-electron chi connectivity index (χ2n) is 4.96. The maximum absolute atomic E-state index is 12.9. The third-order valence-corrected chi connectivity index (χ3v) is 6.62. The van der Waals surface area contributed by atoms with E-state index in [1.807, 2.05) is 30.3 Å². The highest BCUT2D eigenvalue weighted by atomic mass is 32.2. The zero-order chi connectivity index (χ0) is 16.1. The lowest BCUT2D eigenvalue weighted by molar-refractivity contribution is 0.592. The van der Waals surface area contributed by atoms with Crippen molar-refractivity contribution in [2.75, 3.05) is 10.8 Å². The van der Waals surface area contributed by atoms with Crippen LogP contribution in [0, 0.1) is 0 Å². The summed E-state index contributed by atoms with van der Waals surface area (Å²) in [7, 11) is -3.57. The monoisotopic (exact) mass is 344 g/mol. The summed E-state index contributed by atoms with van der Waals surface area (Å²) < 4.78 is 27.6. The van der Waals surface area contributed by atoms with Gasteiger partial charge in [-0.15, -0.1) is 11.3 Å². The molecule has 23 heavy (non-hydrogen) atoms. The van der Waals surface area contributed by atoms with Crippen LogP contribution in [0.1, 0.15) is 5.56 Å². The first-order valence-corrected chi connectivity index (χ1v) is 9.50. The molecular weight excluding hydrogens is 328 g/mol. The van der Waals surface area contributed by atoms with Crippen LogP contribution in [0.15, 0.2) is 76.6 Å². The molecule has 0 saturated carbocycles. The third kappa shape index (κ3) is 3.60. The van der Waals surface area contributed by atoms with E-state index in [9.17, 15) is 8.42 Å². The van der Waals surface area contributed by atoms with Crippen LogP contribution in [0.2, 0.25) is 0 Å². The Bertz CT molecular complexity index is 833. The van der Waals surface area contributed by atoms with E-state index < -0.39 is 10.0 Å². The van der Waals surface area contributed by atoms with Gasteiger partial charge in [0.15, 0.2) is 0 Å². The van der Waals surface area contributed by atoms with Crippen LogP contribution in [0.5, 0.6) is 0 Å². The van der Waals surface area contributed by atoms with Crippen molar-refractivity contribution in [2.45, 2.75) is 10.6 Å². The first-order valence-electron chi connectivity index (χ1n) is 7.18. The molecule has 0 spiro atoms. The summed E-state index contributed by atoms with van der Waals surface area (Å²) in [5.41, 5.74) is 1.68. The molecule has 1 aromatic carbocycles. The van der Waals surface area contributed by atoms with E-state index >= 15 is 0 Å². The highest BCUT2D eigenvalue weighted by molar-refractivity contribution is 7.94. The molecule has 0 aliphatic carbocycles. The van der Waals surface area contributed by atoms with Gasteiger partial charge in [0.25, 0.3) is 10.0 Å². The SMILES string of the molecule is O=S(=O)(c1cccs1)N(CCc1ccccc1)c1cccnc1. The van der Waals surface area contributed by atoms with Gasteiger partial charge in [-0.1, -0.05) is 36.4 Å². The number of anilines is 1. The Hall–Kier alpha value is -2.18. The molecule has 0 bridgehead atoms. The quantitative estimate of drug-likeness (QED) is 0.687. The van der Waals surface area contributed by atoms with Crippen LogP contribution >= 0.6 is 11.3 Å². The fourth-order valence-corrected chi connectivity index (χ4v) is 4.84. The lowest BCUT2D eigenvalue weighted by Gasteiger charge is -2.23. The molecule has 0 unspecified atom stereocenters. The smallest absolute Gasteiger partial charge is 0.264 e. The first-order chi connectivity index (χ1) is 11.2. The number of rotatable bonds is 6. The van der Waals surface area contributed by atoms with Crippen molar-refractivity contribution in [1.29, 1.82) is 0 Å². The maximum Gasteiger partial charge on any atom is 0.273 e. The van der Waals surface area contributed by atoms with E-state index in [0.29, 0.717) is 22.9 Å². The van der Waals surface area contributed by atoms with Gasteiger partial charge in [-0.3, -0.25) is 9.29 Å². The lowest BCUT2D eigenvalue weighted by Crippen LogP contribution is -2.32. The molecule has 0 amide bonds. The predicted molar refractivity (Wildman–Crippen MR) is 93.2 cm³/mol. The van der Waals surface area contributed by atoms with Crippen LogP contribution in [0.4, 0.5) is 5.69 Å². The summed E-state index contributed by atoms with van der Waals surface area (Å²) in [5, 5.41) is 1.77. The van der Waals surface area contributed by atoms with Crippen molar-refractivity contribution in [3.05, 3.63) is 77.9 Å². The Morgan fingerprint density at radius 1 is 1.00 bits per heavy atom. The topological polar surface area (TPSA) is 50.3 Å². The van der Waals surface area contributed by atoms with Gasteiger partial charge in [0.2, 0.25) is 0 Å². The van der Waals surface area contributed by atoms with Crippen LogP contribution in [-0.2, 0) is 16.4 Å². The molecule has 4 nitrogen and oxygen atoms in total. The number of sulfonamides is 1. The Kier molecular flexibility index (Phi) is 4.73. The number of hydrogen-bond acceptors (Lipinski definition) is 4. The van der Waals surface area contributed by atoms with Crippen LogP contribution in [-0.4, -0.2) is 19.9 Å². The fraction of sp³-hybridized carbons (Fsp3) is 0.118. The van der Waals surface area contributed by atoms with Crippen molar-refractivity contribution in [2.24, 2.45) is 0 Å². The molecule has 0 aliphatic heterocycles. The Labute approximate surface area is 140 Å². The third-order valence-electron chi connectivity index (χ3n) is 3.42. The minimum absolute atomic E-state index is 0.342. The molecule has 0 aliphatic rings. The molecule has 0 atom stereocenters. The summed E-state index contributed by atoms with van der Waals surface area (Å²) in [6.45, 7) is 0.371. The van der Waals surface area contributed by atoms with E-state index in [0.717, 1.165) is 5.56 Å². The number of benzene rings is 1. The van der Waals surface area contributed by atoms with Crippen LogP contribution in [0.25, 0.3) is 0 Å². The van der Waals surface area contributed by atoms with E-state index in [4.69, 9.17) is 0 Å². The van der Waals surface area contributed by atoms with E-state index in [1.54, 1.807) is 42.0 Å². The number of thiophene rings is 1. The van der Waals surface area contributed by atoms with Gasteiger partial charge in [0.1, 0.15) is 4.21 Å². The van der Waals surface area contributed by atoms with E-state index in [-0.39, 0.29) is 0 Å². The molecule has 0 N–H and O–H groups in total. The average molecular weight is 344 g/mol. The molecule has 0 saturated heterocycles. The van der Waals surface area contributed by atoms with E-state index in [2.05, 4.69) is 4.98 Å². The van der Waals surface area contributed by atoms with Gasteiger partial charge < -0.3 is 0 Å². The molecular formula is C17H16N2O2S2. The minimum atomic E-state index is -3.57. The number of hydrogen-bond donors (Lipinski definition) is 0. The molecule has 2 aromatic heterocycles. The minimum Gasteiger partial charge on any atom is -0.264 e. The Balaban J connectivity index is 1.92. The van der Waals surface area contributed by atoms with Gasteiger partial charge in [0.05, 0.1) is 11.9 Å². The molecule has 6 heteroatoms. The summed E-state index contributed by atoms with van der Waals surface area (Å²) in [6, 6.07) is 16.7. The fourth-order valence-electron chi connectivity index (χ4n) is 2.28. The van der Waals surface area contributed by atoms with Crippen LogP contribution in [0.3, 0.4) is 0 Å². The van der Waals surface area contributed by atoms with Crippen LogP contribution < -0.4 is 4.31 Å². The number of nitrogens with zero attached hydrogens (tertiary/aromatic N) is 2. The predicted octanol–water partition coefficient (Wildman–Crippen LogP) is 3.58. The van der Waals surface area contributed by atoms with Gasteiger partial charge >= 0.3 is 0 Å². The first kappa shape index (κ1) is 15.7. The van der Waals surface area contributed by atoms with Crippen molar-refractivity contribution in [3.63, 3.8) is 0 Å². The van der Waals surface area contributed by atoms with Crippen molar-refractivity contribution in [3.8, 4) is 0 Å². The molecule has 3 rings (SSSR count). The summed E-state index contributed by atoms with van der Waals surface area (Å²) in [6.07, 6.45) is 3.85. The Morgan fingerprint density at radius 3 is 2.48 bits per heavy atom. The number of pyridine rings is 1. The average Bonchev–Trinajstić information content (AvgIpc) is 3.12. The lowest BCUT2D eigenvalue weighted by atomic mass is 10.1. The molecule has 118 valence electrons. The largest absolute Gasteiger partial charge is 0.273 e. The molecule has 3 aromatic rings. The summed E-state index contributed by atoms with van der Waals surface area (Å²) >= 11 is 1.22. The summed E-state index contributed by atoms with van der Waals surface area (Å²) in [5.74, 6) is 0. The standard InChI is InChI=1S/C17H16N2O2S2/c20-23(21,17-9-5-13-22-17)19(16-8-4-11-18-14-16)12-10-15-6-2-1-3-7-15/h1-9,11,13-14H,10,12H2. The van der Waals surface area contributed by atoms with Gasteiger partial charge in [-0.2, -0.15) is 0 Å². The molecule has 0 radical (unpaired) electrons. The zero-order valence-electron chi connectivity index (χ0n) is 12.4. The van der Waals surface area contributed by atoms with Gasteiger partial charge in [-0.25, -0.2) is 8.42 Å². The normalized spacial score (nSPS) is 11.3. The highest BCUT2D eigenvalue weighted by Gasteiger charge is 2.25. The number of aromatic nitrogens is 1. The van der Waals surface area contributed by atoms with Gasteiger partial charge in [-0.05, 0) is 35.6 Å². The second-order valence-corrected chi connectivity index (χ2v) is 7.99. The molecule has 2 heterocycles. The van der Waals surface area contributed by atoms with Crippen molar-refractivity contribution in [1.82, 2.24) is 4.98 Å². The van der Waals surface area contributed by atoms with E-state index in [1.165, 1.54) is 15.6 Å². The summed E-state index contributed by atoms with van der Waals surface area (Å²) in [4.78, 5) is 4.05. The Morgan fingerprint density at radius 2 is 1.83 bits per heavy atom. The van der Waals surface area contributed by atoms with Gasteiger partial charge in [0, 0.05) is 12.7 Å². The molecule has 0 fully saturated rings. The maximum atomic E-state index is 12.9. The van der Waals surface area contributed by atoms with Crippen molar-refractivity contribution >= 4 is 27.0 Å². The zero-order valence-corrected chi connectivity index (χ0v) is 14.0. The highest BCUT2D eigenvalue weighted by Crippen LogP contribution is 2.26. The van der Waals surface area contributed by atoms with Crippen molar-refractivity contribution < 1.29 is 8.42 Å². The second kappa shape index (κ2) is 6.93.